The molecule has 2 atom stereocenters. The third-order valence-electron chi connectivity index (χ3n) is 4.13. The molecule has 7 heteroatoms. The Hall–Kier alpha value is -2.61. The van der Waals surface area contributed by atoms with Crippen molar-refractivity contribution in [2.45, 2.75) is 25.6 Å². The van der Waals surface area contributed by atoms with Gasteiger partial charge in [-0.15, -0.1) is 0 Å². The van der Waals surface area contributed by atoms with Crippen molar-refractivity contribution in [1.29, 1.82) is 0 Å². The van der Waals surface area contributed by atoms with Gasteiger partial charge in [0.25, 0.3) is 0 Å². The Balaban J connectivity index is 2.19. The van der Waals surface area contributed by atoms with Gasteiger partial charge in [-0.1, -0.05) is 29.8 Å². The summed E-state index contributed by atoms with van der Waals surface area (Å²) in [6, 6.07) is 14.4. The number of methoxy groups -OCH3 is 1. The number of ether oxygens (including phenoxy) is 3. The van der Waals surface area contributed by atoms with E-state index in [1.165, 1.54) is 7.11 Å². The number of rotatable bonds is 10. The Morgan fingerprint density at radius 2 is 1.86 bits per heavy atom. The van der Waals surface area contributed by atoms with E-state index in [-0.39, 0.29) is 19.8 Å². The predicted octanol–water partition coefficient (Wildman–Crippen LogP) is 3.05. The quantitative estimate of drug-likeness (QED) is 0.578. The van der Waals surface area contributed by atoms with Gasteiger partial charge in [-0.3, -0.25) is 5.32 Å². The first-order chi connectivity index (χ1) is 13.6. The van der Waals surface area contributed by atoms with Gasteiger partial charge in [0.1, 0.15) is 18.5 Å². The number of aliphatic hydroxyl groups is 2. The minimum absolute atomic E-state index is 0.103. The van der Waals surface area contributed by atoms with Crippen molar-refractivity contribution in [1.82, 2.24) is 0 Å². The molecule has 0 bridgehead atoms. The Kier molecular flexibility index (Phi) is 8.74. The van der Waals surface area contributed by atoms with E-state index in [0.29, 0.717) is 23.4 Å². The molecule has 0 heterocycles. The highest BCUT2D eigenvalue weighted by Crippen LogP contribution is 2.29. The van der Waals surface area contributed by atoms with Gasteiger partial charge in [-0.05, 0) is 36.8 Å². The molecule has 0 unspecified atom stereocenters. The van der Waals surface area contributed by atoms with Crippen LogP contribution < -0.4 is 10.1 Å². The zero-order chi connectivity index (χ0) is 20.4. The Bertz CT molecular complexity index is 734. The molecule has 0 radical (unpaired) electrons. The van der Waals surface area contributed by atoms with Crippen LogP contribution in [0.1, 0.15) is 23.7 Å². The number of carbonyl (C=O) groups is 1. The van der Waals surface area contributed by atoms with Crippen molar-refractivity contribution < 1.29 is 29.2 Å². The van der Waals surface area contributed by atoms with E-state index in [0.717, 1.165) is 5.56 Å². The summed E-state index contributed by atoms with van der Waals surface area (Å²) in [7, 11) is 1.50. The smallest absolute Gasteiger partial charge is 0.412 e. The molecular formula is C21H27NO6. The summed E-state index contributed by atoms with van der Waals surface area (Å²) in [5, 5.41) is 21.0. The van der Waals surface area contributed by atoms with Gasteiger partial charge in [-0.25, -0.2) is 4.79 Å². The van der Waals surface area contributed by atoms with Gasteiger partial charge >= 0.3 is 6.09 Å². The number of anilines is 1. The lowest BCUT2D eigenvalue weighted by molar-refractivity contribution is -0.0306. The van der Waals surface area contributed by atoms with Gasteiger partial charge in [-0.2, -0.15) is 0 Å². The molecule has 0 aliphatic rings. The molecule has 2 aromatic carbocycles. The first-order valence-corrected chi connectivity index (χ1v) is 9.09. The van der Waals surface area contributed by atoms with E-state index in [4.69, 9.17) is 19.3 Å². The molecule has 0 saturated carbocycles. The fourth-order valence-electron chi connectivity index (χ4n) is 2.72. The van der Waals surface area contributed by atoms with Gasteiger partial charge in [0.2, 0.25) is 0 Å². The average Bonchev–Trinajstić information content (AvgIpc) is 2.71. The lowest BCUT2D eigenvalue weighted by Gasteiger charge is -2.26. The zero-order valence-electron chi connectivity index (χ0n) is 16.1. The van der Waals surface area contributed by atoms with Crippen LogP contribution in [-0.4, -0.2) is 49.3 Å². The van der Waals surface area contributed by atoms with Crippen LogP contribution in [0.4, 0.5) is 10.5 Å². The molecule has 1 amide bonds. The molecule has 0 aliphatic carbocycles. The van der Waals surface area contributed by atoms with Crippen LogP contribution in [0.25, 0.3) is 0 Å². The van der Waals surface area contributed by atoms with Crippen molar-refractivity contribution >= 4 is 11.8 Å². The number of amides is 1. The molecule has 3 N–H and O–H groups in total. The van der Waals surface area contributed by atoms with Crippen molar-refractivity contribution in [2.24, 2.45) is 0 Å². The van der Waals surface area contributed by atoms with Crippen LogP contribution in [0, 0.1) is 6.92 Å². The molecule has 0 saturated heterocycles. The summed E-state index contributed by atoms with van der Waals surface area (Å²) in [6.07, 6.45) is -1.63. The second-order valence-corrected chi connectivity index (χ2v) is 6.25. The Morgan fingerprint density at radius 1 is 1.11 bits per heavy atom. The SMILES string of the molecule is CO[C@@H](CCO)[C@@H](OC(=O)Nc1ccc(C)cc1)c1cccc(OCCO)c1. The second kappa shape index (κ2) is 11.3. The van der Waals surface area contributed by atoms with Gasteiger partial charge in [0, 0.05) is 25.8 Å². The van der Waals surface area contributed by atoms with Gasteiger partial charge < -0.3 is 24.4 Å². The van der Waals surface area contributed by atoms with Crippen molar-refractivity contribution in [3.05, 3.63) is 59.7 Å². The number of carbonyl (C=O) groups excluding carboxylic acids is 1. The summed E-state index contributed by atoms with van der Waals surface area (Å²) >= 11 is 0. The molecule has 0 fully saturated rings. The van der Waals surface area contributed by atoms with Crippen LogP contribution in [0.2, 0.25) is 0 Å². The molecule has 152 valence electrons. The molecule has 7 nitrogen and oxygen atoms in total. The first kappa shape index (κ1) is 21.7. The standard InChI is InChI=1S/C21H27NO6/c1-15-6-8-17(9-7-15)22-21(25)28-20(19(26-2)10-11-23)16-4-3-5-18(14-16)27-13-12-24/h3-9,14,19-20,23-24H,10-13H2,1-2H3,(H,22,25)/t19-,20-/m0/s1. The van der Waals surface area contributed by atoms with Gasteiger partial charge in [0.15, 0.2) is 6.10 Å². The average molecular weight is 389 g/mol. The Labute approximate surface area is 164 Å². The van der Waals surface area contributed by atoms with E-state index in [9.17, 15) is 9.90 Å². The summed E-state index contributed by atoms with van der Waals surface area (Å²) in [6.45, 7) is 1.91. The topological polar surface area (TPSA) is 97.2 Å². The van der Waals surface area contributed by atoms with Crippen LogP contribution in [0.3, 0.4) is 0 Å². The fraction of sp³-hybridized carbons (Fsp3) is 0.381. The minimum atomic E-state index is -0.750. The highest BCUT2D eigenvalue weighted by molar-refractivity contribution is 5.84. The summed E-state index contributed by atoms with van der Waals surface area (Å²) in [5.41, 5.74) is 2.36. The molecular weight excluding hydrogens is 362 g/mol. The summed E-state index contributed by atoms with van der Waals surface area (Å²) in [4.78, 5) is 12.4. The highest BCUT2D eigenvalue weighted by atomic mass is 16.6. The van der Waals surface area contributed by atoms with E-state index < -0.39 is 18.3 Å². The van der Waals surface area contributed by atoms with Crippen molar-refractivity contribution in [3.63, 3.8) is 0 Å². The fourth-order valence-corrected chi connectivity index (χ4v) is 2.72. The normalized spacial score (nSPS) is 12.9. The van der Waals surface area contributed by atoms with Crippen molar-refractivity contribution in [2.75, 3.05) is 32.2 Å². The number of hydrogen-bond acceptors (Lipinski definition) is 6. The number of hydrogen-bond donors (Lipinski definition) is 3. The molecule has 2 rings (SSSR count). The number of benzene rings is 2. The lowest BCUT2D eigenvalue weighted by Crippen LogP contribution is -2.29. The number of nitrogens with one attached hydrogen (secondary N) is 1. The zero-order valence-corrected chi connectivity index (χ0v) is 16.1. The van der Waals surface area contributed by atoms with E-state index in [1.54, 1.807) is 36.4 Å². The minimum Gasteiger partial charge on any atom is -0.491 e. The molecule has 0 spiro atoms. The van der Waals surface area contributed by atoms with E-state index in [2.05, 4.69) is 5.32 Å². The maximum Gasteiger partial charge on any atom is 0.412 e. The predicted molar refractivity (Wildman–Crippen MR) is 106 cm³/mol. The number of aryl methyl sites for hydroxylation is 1. The monoisotopic (exact) mass is 389 g/mol. The van der Waals surface area contributed by atoms with Crippen LogP contribution in [0.15, 0.2) is 48.5 Å². The maximum absolute atomic E-state index is 12.4. The van der Waals surface area contributed by atoms with Crippen molar-refractivity contribution in [3.8, 4) is 5.75 Å². The third kappa shape index (κ3) is 6.53. The lowest BCUT2D eigenvalue weighted by atomic mass is 10.0. The second-order valence-electron chi connectivity index (χ2n) is 6.25. The van der Waals surface area contributed by atoms with E-state index >= 15 is 0 Å². The number of aliphatic hydroxyl groups excluding tert-OH is 2. The van der Waals surface area contributed by atoms with Crippen LogP contribution in [-0.2, 0) is 9.47 Å². The summed E-state index contributed by atoms with van der Waals surface area (Å²) in [5.74, 6) is 0.540. The van der Waals surface area contributed by atoms with Gasteiger partial charge in [0.05, 0.1) is 6.61 Å². The third-order valence-corrected chi connectivity index (χ3v) is 4.13. The maximum atomic E-state index is 12.4. The molecule has 0 aromatic heterocycles. The first-order valence-electron chi connectivity index (χ1n) is 9.09. The van der Waals surface area contributed by atoms with Crippen LogP contribution >= 0.6 is 0 Å². The molecule has 0 aliphatic heterocycles. The molecule has 28 heavy (non-hydrogen) atoms. The molecule has 2 aromatic rings. The van der Waals surface area contributed by atoms with Crippen LogP contribution in [0.5, 0.6) is 5.75 Å². The Morgan fingerprint density at radius 3 is 2.50 bits per heavy atom. The van der Waals surface area contributed by atoms with E-state index in [1.807, 2.05) is 19.1 Å². The summed E-state index contributed by atoms with van der Waals surface area (Å²) < 4.78 is 16.5. The largest absolute Gasteiger partial charge is 0.491 e. The highest BCUT2D eigenvalue weighted by Gasteiger charge is 2.27.